The van der Waals surface area contributed by atoms with Crippen LogP contribution in [0.4, 0.5) is 0 Å². The van der Waals surface area contributed by atoms with Gasteiger partial charge in [0.05, 0.1) is 5.60 Å². The number of carboxylic acids is 1. The molecule has 6 rings (SSSR count). The molecule has 2 unspecified atom stereocenters. The normalized spacial score (nSPS) is 32.7. The number of aliphatic hydroxyl groups is 1. The number of rotatable bonds is 14. The summed E-state index contributed by atoms with van der Waals surface area (Å²) >= 11 is 0. The molecule has 4 aliphatic rings. The Morgan fingerprint density at radius 2 is 1.57 bits per heavy atom. The summed E-state index contributed by atoms with van der Waals surface area (Å²) in [5, 5.41) is 20.6. The van der Waals surface area contributed by atoms with E-state index in [9.17, 15) is 9.90 Å². The number of ether oxygens (including phenoxy) is 1. The molecule has 0 radical (unpaired) electrons. The van der Waals surface area contributed by atoms with Gasteiger partial charge in [-0.05, 0) is 110 Å². The first-order valence-corrected chi connectivity index (χ1v) is 17.1. The lowest BCUT2D eigenvalue weighted by Gasteiger charge is -2.59. The molecule has 4 heteroatoms. The molecule has 4 atom stereocenters. The van der Waals surface area contributed by atoms with Crippen LogP contribution in [0.5, 0.6) is 5.75 Å². The lowest BCUT2D eigenvalue weighted by atomic mass is 9.45. The maximum Gasteiger partial charge on any atom is 0.303 e. The number of unbranched alkanes of at least 4 members (excludes halogenated alkanes) is 7. The van der Waals surface area contributed by atoms with Crippen molar-refractivity contribution in [3.8, 4) is 5.75 Å². The number of carboxylic acid groups (broad SMARTS) is 1. The van der Waals surface area contributed by atoms with Gasteiger partial charge in [0.1, 0.15) is 12.4 Å². The fourth-order valence-electron chi connectivity index (χ4n) is 10.4. The summed E-state index contributed by atoms with van der Waals surface area (Å²) in [6.45, 7) is 3.07. The quantitative estimate of drug-likeness (QED) is 0.221. The van der Waals surface area contributed by atoms with Crippen LogP contribution >= 0.6 is 0 Å². The molecule has 0 heterocycles. The van der Waals surface area contributed by atoms with Crippen molar-refractivity contribution < 1.29 is 19.7 Å². The van der Waals surface area contributed by atoms with Crippen LogP contribution in [0.3, 0.4) is 0 Å². The van der Waals surface area contributed by atoms with E-state index in [1.807, 2.05) is 6.07 Å². The van der Waals surface area contributed by atoms with Crippen LogP contribution in [0.15, 0.2) is 48.5 Å². The monoisotopic (exact) mass is 572 g/mol. The highest BCUT2D eigenvalue weighted by molar-refractivity contribution is 5.66. The van der Waals surface area contributed by atoms with Gasteiger partial charge in [-0.15, -0.1) is 0 Å². The van der Waals surface area contributed by atoms with Gasteiger partial charge in [-0.2, -0.15) is 0 Å². The number of hydrogen-bond acceptors (Lipinski definition) is 3. The molecule has 4 aliphatic carbocycles. The van der Waals surface area contributed by atoms with Crippen LogP contribution in [0.1, 0.15) is 132 Å². The number of hydrogen-bond donors (Lipinski definition) is 2. The molecule has 2 aromatic rings. The number of fused-ring (bicyclic) bond motifs is 3. The van der Waals surface area contributed by atoms with Gasteiger partial charge in [-0.1, -0.05) is 88.3 Å². The Kier molecular flexibility index (Phi) is 8.74. The van der Waals surface area contributed by atoms with Gasteiger partial charge in [0, 0.05) is 11.8 Å². The zero-order valence-electron chi connectivity index (χ0n) is 25.8. The minimum Gasteiger partial charge on any atom is -0.489 e. The molecular formula is C38H52O4. The number of carbonyl (C=O) groups is 1. The molecule has 42 heavy (non-hydrogen) atoms. The van der Waals surface area contributed by atoms with E-state index < -0.39 is 11.6 Å². The van der Waals surface area contributed by atoms with Crippen molar-refractivity contribution in [2.24, 2.45) is 22.7 Å². The Balaban J connectivity index is 1.13. The summed E-state index contributed by atoms with van der Waals surface area (Å²) in [5.41, 5.74) is 4.22. The van der Waals surface area contributed by atoms with Crippen molar-refractivity contribution in [1.82, 2.24) is 0 Å². The maximum atomic E-state index is 11.8. The van der Waals surface area contributed by atoms with E-state index in [2.05, 4.69) is 49.4 Å². The van der Waals surface area contributed by atoms with Crippen LogP contribution in [-0.4, -0.2) is 21.8 Å². The average molecular weight is 573 g/mol. The van der Waals surface area contributed by atoms with Gasteiger partial charge in [0.25, 0.3) is 0 Å². The summed E-state index contributed by atoms with van der Waals surface area (Å²) in [6, 6.07) is 17.4. The molecule has 0 amide bonds. The largest absolute Gasteiger partial charge is 0.489 e. The highest BCUT2D eigenvalue weighted by Gasteiger charge is 2.74. The number of aliphatic carboxylic acids is 1. The molecule has 4 nitrogen and oxygen atoms in total. The van der Waals surface area contributed by atoms with Crippen LogP contribution in [0.25, 0.3) is 0 Å². The average Bonchev–Trinajstić information content (AvgIpc) is 3.37. The minimum atomic E-state index is -0.670. The molecule has 0 spiro atoms. The van der Waals surface area contributed by atoms with Gasteiger partial charge in [-0.3, -0.25) is 4.79 Å². The molecule has 2 aromatic carbocycles. The third kappa shape index (κ3) is 5.42. The second kappa shape index (κ2) is 12.3. The topological polar surface area (TPSA) is 66.8 Å². The molecule has 228 valence electrons. The zero-order chi connectivity index (χ0) is 29.2. The van der Waals surface area contributed by atoms with Crippen LogP contribution < -0.4 is 4.74 Å². The molecule has 2 N–H and O–H groups in total. The minimum absolute atomic E-state index is 0.0797. The van der Waals surface area contributed by atoms with E-state index in [0.717, 1.165) is 50.7 Å². The van der Waals surface area contributed by atoms with E-state index in [4.69, 9.17) is 9.84 Å². The van der Waals surface area contributed by atoms with Crippen molar-refractivity contribution in [3.05, 3.63) is 65.2 Å². The second-order valence-electron chi connectivity index (χ2n) is 14.6. The van der Waals surface area contributed by atoms with E-state index in [1.165, 1.54) is 68.9 Å². The Morgan fingerprint density at radius 3 is 2.29 bits per heavy atom. The smallest absolute Gasteiger partial charge is 0.303 e. The zero-order valence-corrected chi connectivity index (χ0v) is 25.8. The first-order chi connectivity index (χ1) is 20.4. The van der Waals surface area contributed by atoms with E-state index in [-0.39, 0.29) is 5.41 Å². The lowest BCUT2D eigenvalue weighted by Crippen LogP contribution is -2.54. The molecule has 0 aliphatic heterocycles. The standard InChI is InChI=1S/C38H52O4/c1-36-20-19-33-32-18-17-31(42-27-28-13-9-8-10-14-28)26-30(32)25-29(35(33)37(36)21-23-38(36,41)24-22-37)15-11-6-4-2-3-5-7-12-16-34(39)40/h8-10,13-14,17-18,26,29,33,35,41H,2-7,11-12,15-16,19-25,27H2,1H3,(H,39,40)/t29-,33?,35?,36+,37?,38?/m1/s1. The van der Waals surface area contributed by atoms with Crippen molar-refractivity contribution in [1.29, 1.82) is 0 Å². The number of benzene rings is 2. The van der Waals surface area contributed by atoms with Gasteiger partial charge in [-0.25, -0.2) is 0 Å². The molecule has 0 saturated heterocycles. The molecular weight excluding hydrogens is 520 g/mol. The van der Waals surface area contributed by atoms with Gasteiger partial charge < -0.3 is 14.9 Å². The highest BCUT2D eigenvalue weighted by atomic mass is 16.5. The van der Waals surface area contributed by atoms with E-state index in [1.54, 1.807) is 5.56 Å². The Labute approximate surface area is 253 Å². The Hall–Kier alpha value is -2.33. The first kappa shape index (κ1) is 29.7. The summed E-state index contributed by atoms with van der Waals surface area (Å²) in [5.74, 6) is 2.30. The molecule has 3 saturated carbocycles. The predicted molar refractivity (Wildman–Crippen MR) is 168 cm³/mol. The first-order valence-electron chi connectivity index (χ1n) is 17.1. The van der Waals surface area contributed by atoms with Crippen LogP contribution in [0.2, 0.25) is 0 Å². The Bertz CT molecular complexity index is 1210. The van der Waals surface area contributed by atoms with E-state index in [0.29, 0.717) is 36.2 Å². The third-order valence-electron chi connectivity index (χ3n) is 12.6. The second-order valence-corrected chi connectivity index (χ2v) is 14.6. The fourth-order valence-corrected chi connectivity index (χ4v) is 10.4. The third-order valence-corrected chi connectivity index (χ3v) is 12.6. The maximum absolute atomic E-state index is 11.8. The van der Waals surface area contributed by atoms with Gasteiger partial charge in [0.15, 0.2) is 0 Å². The summed E-state index contributed by atoms with van der Waals surface area (Å²) in [4.78, 5) is 10.7. The van der Waals surface area contributed by atoms with Crippen LogP contribution in [0, 0.1) is 22.7 Å². The molecule has 3 fully saturated rings. The van der Waals surface area contributed by atoms with Gasteiger partial charge >= 0.3 is 5.97 Å². The highest BCUT2D eigenvalue weighted by Crippen LogP contribution is 2.78. The van der Waals surface area contributed by atoms with Crippen molar-refractivity contribution in [2.75, 3.05) is 0 Å². The van der Waals surface area contributed by atoms with Gasteiger partial charge in [0.2, 0.25) is 0 Å². The summed E-state index contributed by atoms with van der Waals surface area (Å²) in [6.07, 6.45) is 19.0. The summed E-state index contributed by atoms with van der Waals surface area (Å²) in [7, 11) is 0. The van der Waals surface area contributed by atoms with Crippen LogP contribution in [-0.2, 0) is 17.8 Å². The lowest BCUT2D eigenvalue weighted by molar-refractivity contribution is -0.137. The fraction of sp³-hybridized carbons (Fsp3) is 0.658. The van der Waals surface area contributed by atoms with Crippen molar-refractivity contribution >= 4 is 5.97 Å². The van der Waals surface area contributed by atoms with Crippen molar-refractivity contribution in [3.63, 3.8) is 0 Å². The predicted octanol–water partition coefficient (Wildman–Crippen LogP) is 9.23. The Morgan fingerprint density at radius 1 is 0.881 bits per heavy atom. The summed E-state index contributed by atoms with van der Waals surface area (Å²) < 4.78 is 6.29. The van der Waals surface area contributed by atoms with E-state index >= 15 is 0 Å². The van der Waals surface area contributed by atoms with Crippen molar-refractivity contribution in [2.45, 2.75) is 134 Å². The molecule has 2 bridgehead atoms. The SMILES string of the molecule is C[C@]12CCC3c4ccc(OCc5ccccc5)cc4C[C@@H](CCCCCCCCCCC(=O)O)C3C13CCC2(O)CC3. The molecule has 0 aromatic heterocycles.